The Hall–Kier alpha value is -1.27. The minimum Gasteiger partial charge on any atom is -0.377 e. The summed E-state index contributed by atoms with van der Waals surface area (Å²) in [7, 11) is 0. The number of amides is 1. The standard InChI is InChI=1S/C13H17N3O2S/c1-6-8(3)15-16-13-10(6)7(2)11(19-13)12(17)14-9-4-18-5-9/h9,13,16H,4-5H2,1-3H3,(H,14,17). The van der Waals surface area contributed by atoms with Gasteiger partial charge in [-0.3, -0.25) is 10.2 Å². The van der Waals surface area contributed by atoms with Crippen LogP contribution in [-0.2, 0) is 9.53 Å². The van der Waals surface area contributed by atoms with Gasteiger partial charge in [0.1, 0.15) is 5.37 Å². The zero-order chi connectivity index (χ0) is 13.6. The molecule has 0 spiro atoms. The fraction of sp³-hybridized carbons (Fsp3) is 0.538. The van der Waals surface area contributed by atoms with Gasteiger partial charge in [0.25, 0.3) is 5.91 Å². The highest BCUT2D eigenvalue weighted by molar-refractivity contribution is 8.05. The van der Waals surface area contributed by atoms with E-state index in [9.17, 15) is 4.79 Å². The summed E-state index contributed by atoms with van der Waals surface area (Å²) in [5.41, 5.74) is 7.52. The van der Waals surface area contributed by atoms with Gasteiger partial charge in [0.15, 0.2) is 0 Å². The average molecular weight is 279 g/mol. The smallest absolute Gasteiger partial charge is 0.258 e. The molecule has 0 bridgehead atoms. The molecule has 1 amide bonds. The van der Waals surface area contributed by atoms with Gasteiger partial charge in [-0.15, -0.1) is 0 Å². The summed E-state index contributed by atoms with van der Waals surface area (Å²) in [6.45, 7) is 7.29. The number of hydrogen-bond donors (Lipinski definition) is 2. The third-order valence-corrected chi connectivity index (χ3v) is 5.02. The maximum Gasteiger partial charge on any atom is 0.258 e. The number of fused-ring (bicyclic) bond motifs is 1. The van der Waals surface area contributed by atoms with Gasteiger partial charge in [0.2, 0.25) is 0 Å². The summed E-state index contributed by atoms with van der Waals surface area (Å²) in [5, 5.41) is 7.35. The van der Waals surface area contributed by atoms with Crippen LogP contribution in [0.3, 0.4) is 0 Å². The molecule has 0 aromatic heterocycles. The third kappa shape index (κ3) is 2.08. The molecule has 1 fully saturated rings. The number of ether oxygens (including phenoxy) is 1. The molecule has 5 nitrogen and oxygen atoms in total. The molecule has 3 rings (SSSR count). The molecule has 1 saturated heterocycles. The fourth-order valence-electron chi connectivity index (χ4n) is 2.38. The van der Waals surface area contributed by atoms with Crippen molar-refractivity contribution < 1.29 is 9.53 Å². The molecule has 3 aliphatic heterocycles. The van der Waals surface area contributed by atoms with Crippen molar-refractivity contribution in [1.29, 1.82) is 0 Å². The number of carbonyl (C=O) groups is 1. The van der Waals surface area contributed by atoms with Gasteiger partial charge in [-0.2, -0.15) is 5.10 Å². The van der Waals surface area contributed by atoms with Gasteiger partial charge >= 0.3 is 0 Å². The van der Waals surface area contributed by atoms with Crippen LogP contribution < -0.4 is 10.7 Å². The Bertz CT molecular complexity index is 532. The normalized spacial score (nSPS) is 26.7. The highest BCUT2D eigenvalue weighted by atomic mass is 32.2. The van der Waals surface area contributed by atoms with Crippen molar-refractivity contribution in [3.05, 3.63) is 21.6 Å². The average Bonchev–Trinajstić information content (AvgIpc) is 2.67. The van der Waals surface area contributed by atoms with Crippen molar-refractivity contribution in [2.24, 2.45) is 5.10 Å². The van der Waals surface area contributed by atoms with E-state index in [0.29, 0.717) is 13.2 Å². The molecule has 0 saturated carbocycles. The van der Waals surface area contributed by atoms with Crippen LogP contribution in [0.5, 0.6) is 0 Å². The summed E-state index contributed by atoms with van der Waals surface area (Å²) in [6, 6.07) is 0.164. The number of hydrazone groups is 1. The second-order valence-corrected chi connectivity index (χ2v) is 6.14. The first-order valence-corrected chi connectivity index (χ1v) is 7.23. The Balaban J connectivity index is 1.85. The molecule has 1 unspecified atom stereocenters. The second kappa shape index (κ2) is 4.68. The van der Waals surface area contributed by atoms with Crippen LogP contribution in [-0.4, -0.2) is 36.2 Å². The predicted molar refractivity (Wildman–Crippen MR) is 75.8 cm³/mol. The first kappa shape index (κ1) is 12.7. The Morgan fingerprint density at radius 2 is 2.11 bits per heavy atom. The first-order valence-electron chi connectivity index (χ1n) is 6.35. The largest absolute Gasteiger partial charge is 0.377 e. The molecular formula is C13H17N3O2S. The van der Waals surface area contributed by atoms with Crippen molar-refractivity contribution in [2.45, 2.75) is 32.2 Å². The van der Waals surface area contributed by atoms with Crippen molar-refractivity contribution in [1.82, 2.24) is 10.7 Å². The van der Waals surface area contributed by atoms with Crippen LogP contribution in [0, 0.1) is 0 Å². The van der Waals surface area contributed by atoms with E-state index in [1.54, 1.807) is 11.8 Å². The molecule has 0 radical (unpaired) electrons. The SMILES string of the molecule is CC1=NNC2SC(C(=O)NC3COC3)=C(C)C2=C1C. The van der Waals surface area contributed by atoms with Crippen molar-refractivity contribution >= 4 is 23.4 Å². The fourth-order valence-corrected chi connectivity index (χ4v) is 3.65. The van der Waals surface area contributed by atoms with E-state index in [4.69, 9.17) is 4.74 Å². The van der Waals surface area contributed by atoms with Gasteiger partial charge in [0.05, 0.1) is 29.9 Å². The first-order chi connectivity index (χ1) is 9.08. The lowest BCUT2D eigenvalue weighted by molar-refractivity contribution is -0.120. The summed E-state index contributed by atoms with van der Waals surface area (Å²) >= 11 is 1.54. The maximum absolute atomic E-state index is 12.3. The number of nitrogens with zero attached hydrogens (tertiary/aromatic N) is 1. The van der Waals surface area contributed by atoms with E-state index in [0.717, 1.165) is 16.2 Å². The molecule has 2 N–H and O–H groups in total. The highest BCUT2D eigenvalue weighted by Gasteiger charge is 2.36. The predicted octanol–water partition coefficient (Wildman–Crippen LogP) is 1.14. The molecule has 0 aromatic carbocycles. The zero-order valence-corrected chi connectivity index (χ0v) is 12.1. The van der Waals surface area contributed by atoms with E-state index in [2.05, 4.69) is 22.8 Å². The number of allylic oxidation sites excluding steroid dienone is 1. The van der Waals surface area contributed by atoms with Gasteiger partial charge in [-0.1, -0.05) is 11.8 Å². The van der Waals surface area contributed by atoms with Crippen LogP contribution >= 0.6 is 11.8 Å². The van der Waals surface area contributed by atoms with Crippen LogP contribution in [0.15, 0.2) is 26.7 Å². The second-order valence-electron chi connectivity index (χ2n) is 5.02. The number of thioether (sulfide) groups is 1. The van der Waals surface area contributed by atoms with E-state index >= 15 is 0 Å². The molecule has 19 heavy (non-hydrogen) atoms. The Labute approximate surface area is 116 Å². The van der Waals surface area contributed by atoms with Crippen LogP contribution in [0.4, 0.5) is 0 Å². The molecule has 6 heteroatoms. The van der Waals surface area contributed by atoms with Crippen molar-refractivity contribution in [3.8, 4) is 0 Å². The summed E-state index contributed by atoms with van der Waals surface area (Å²) in [5.74, 6) is 0.00459. The summed E-state index contributed by atoms with van der Waals surface area (Å²) in [4.78, 5) is 13.1. The highest BCUT2D eigenvalue weighted by Crippen LogP contribution is 2.43. The monoisotopic (exact) mass is 279 g/mol. The molecule has 1 atom stereocenters. The van der Waals surface area contributed by atoms with Crippen LogP contribution in [0.1, 0.15) is 20.8 Å². The van der Waals surface area contributed by atoms with Gasteiger partial charge in [-0.25, -0.2) is 0 Å². The summed E-state index contributed by atoms with van der Waals surface area (Å²) in [6.07, 6.45) is 0. The number of nitrogens with one attached hydrogen (secondary N) is 2. The Morgan fingerprint density at radius 1 is 1.37 bits per heavy atom. The van der Waals surface area contributed by atoms with E-state index in [1.807, 2.05) is 13.8 Å². The van der Waals surface area contributed by atoms with Gasteiger partial charge in [0, 0.05) is 0 Å². The minimum absolute atomic E-state index is 0.00459. The zero-order valence-electron chi connectivity index (χ0n) is 11.2. The minimum atomic E-state index is 0.00459. The number of rotatable bonds is 2. The van der Waals surface area contributed by atoms with E-state index < -0.39 is 0 Å². The molecule has 102 valence electrons. The molecular weight excluding hydrogens is 262 g/mol. The van der Waals surface area contributed by atoms with Crippen molar-refractivity contribution in [2.75, 3.05) is 13.2 Å². The van der Waals surface area contributed by atoms with Crippen LogP contribution in [0.25, 0.3) is 0 Å². The van der Waals surface area contributed by atoms with E-state index in [1.165, 1.54) is 11.1 Å². The van der Waals surface area contributed by atoms with Crippen LogP contribution in [0.2, 0.25) is 0 Å². The Morgan fingerprint density at radius 3 is 2.74 bits per heavy atom. The van der Waals surface area contributed by atoms with Crippen molar-refractivity contribution in [3.63, 3.8) is 0 Å². The third-order valence-electron chi connectivity index (χ3n) is 3.72. The topological polar surface area (TPSA) is 62.7 Å². The molecule has 3 aliphatic rings. The number of hydrogen-bond acceptors (Lipinski definition) is 5. The molecule has 0 aliphatic carbocycles. The lowest BCUT2D eigenvalue weighted by Crippen LogP contribution is -2.48. The van der Waals surface area contributed by atoms with Gasteiger partial charge < -0.3 is 10.1 Å². The summed E-state index contributed by atoms with van der Waals surface area (Å²) < 4.78 is 5.07. The lowest BCUT2D eigenvalue weighted by Gasteiger charge is -2.27. The van der Waals surface area contributed by atoms with Gasteiger partial charge in [-0.05, 0) is 37.5 Å². The quantitative estimate of drug-likeness (QED) is 0.796. The number of carbonyl (C=O) groups excluding carboxylic acids is 1. The maximum atomic E-state index is 12.3. The Kier molecular flexibility index (Phi) is 3.14. The molecule has 3 heterocycles. The van der Waals surface area contributed by atoms with E-state index in [-0.39, 0.29) is 17.3 Å². The molecule has 0 aromatic rings. The lowest BCUT2D eigenvalue weighted by atomic mass is 9.98.